The Hall–Kier alpha value is -0.0400. The average Bonchev–Trinajstić information content (AvgIpc) is 2.19. The zero-order valence-electron chi connectivity index (χ0n) is 12.7. The lowest BCUT2D eigenvalue weighted by Crippen LogP contribution is -2.71. The molecule has 3 aliphatic rings. The van der Waals surface area contributed by atoms with Crippen LogP contribution in [-0.4, -0.2) is 11.7 Å². The zero-order chi connectivity index (χ0) is 13.0. The van der Waals surface area contributed by atoms with E-state index in [2.05, 4.69) is 27.7 Å². The van der Waals surface area contributed by atoms with Crippen LogP contribution in [0, 0.1) is 23.2 Å². The van der Waals surface area contributed by atoms with Crippen LogP contribution in [0.2, 0.25) is 0 Å². The fourth-order valence-corrected chi connectivity index (χ4v) is 5.70. The number of rotatable bonds is 5. The summed E-state index contributed by atoms with van der Waals surface area (Å²) in [5.74, 6) is 3.14. The fraction of sp³-hybridized carbons (Fsp3) is 1.00. The van der Waals surface area contributed by atoms with Gasteiger partial charge in [0.05, 0.1) is 11.7 Å². The molecule has 0 aromatic carbocycles. The van der Waals surface area contributed by atoms with Crippen LogP contribution in [0.4, 0.5) is 0 Å². The summed E-state index contributed by atoms with van der Waals surface area (Å²) >= 11 is 0. The molecule has 3 saturated carbocycles. The highest BCUT2D eigenvalue weighted by atomic mass is 16.5. The van der Waals surface area contributed by atoms with E-state index in [1.54, 1.807) is 0 Å². The second-order valence-corrected chi connectivity index (χ2v) is 7.77. The maximum atomic E-state index is 6.47. The normalized spacial score (nSPS) is 43.7. The van der Waals surface area contributed by atoms with Crippen LogP contribution in [0.3, 0.4) is 0 Å². The standard InChI is InChI=1S/C17H30O/c1-5-7-12(2)18-16(3,4)17-10-13-8-6-9-14(11-17)15(13)17/h12-15H,5-11H2,1-4H3. The molecule has 0 radical (unpaired) electrons. The molecule has 1 nitrogen and oxygen atoms in total. The van der Waals surface area contributed by atoms with Crippen LogP contribution in [-0.2, 0) is 4.74 Å². The third kappa shape index (κ3) is 1.62. The molecular formula is C17H30O. The van der Waals surface area contributed by atoms with Crippen LogP contribution in [0.1, 0.15) is 72.6 Å². The van der Waals surface area contributed by atoms with Crippen molar-refractivity contribution in [1.29, 1.82) is 0 Å². The van der Waals surface area contributed by atoms with Gasteiger partial charge in [0, 0.05) is 5.41 Å². The molecule has 18 heavy (non-hydrogen) atoms. The molecule has 0 heterocycles. The van der Waals surface area contributed by atoms with E-state index in [4.69, 9.17) is 4.74 Å². The topological polar surface area (TPSA) is 9.23 Å². The largest absolute Gasteiger partial charge is 0.372 e. The van der Waals surface area contributed by atoms with Gasteiger partial charge in [-0.3, -0.25) is 0 Å². The molecule has 0 amide bonds. The summed E-state index contributed by atoms with van der Waals surface area (Å²) in [6.07, 6.45) is 10.3. The van der Waals surface area contributed by atoms with Crippen molar-refractivity contribution in [1.82, 2.24) is 0 Å². The van der Waals surface area contributed by atoms with E-state index in [1.165, 1.54) is 44.9 Å². The molecule has 3 rings (SSSR count). The Kier molecular flexibility index (Phi) is 3.05. The second kappa shape index (κ2) is 4.23. The molecule has 3 aliphatic carbocycles. The van der Waals surface area contributed by atoms with Crippen molar-refractivity contribution in [2.24, 2.45) is 23.2 Å². The van der Waals surface area contributed by atoms with Gasteiger partial charge in [0.1, 0.15) is 0 Å². The molecule has 0 aliphatic heterocycles. The Morgan fingerprint density at radius 1 is 1.22 bits per heavy atom. The Morgan fingerprint density at radius 3 is 2.39 bits per heavy atom. The first kappa shape index (κ1) is 13.0. The van der Waals surface area contributed by atoms with Crippen molar-refractivity contribution in [2.45, 2.75) is 84.3 Å². The Balaban J connectivity index is 1.67. The predicted molar refractivity (Wildman–Crippen MR) is 75.5 cm³/mol. The van der Waals surface area contributed by atoms with Gasteiger partial charge in [0.25, 0.3) is 0 Å². The first-order valence-corrected chi connectivity index (χ1v) is 8.18. The van der Waals surface area contributed by atoms with Crippen LogP contribution >= 0.6 is 0 Å². The van der Waals surface area contributed by atoms with E-state index in [0.717, 1.165) is 17.8 Å². The monoisotopic (exact) mass is 250 g/mol. The summed E-state index contributed by atoms with van der Waals surface area (Å²) in [7, 11) is 0. The molecule has 3 atom stereocenters. The Morgan fingerprint density at radius 2 is 1.83 bits per heavy atom. The van der Waals surface area contributed by atoms with Crippen molar-refractivity contribution < 1.29 is 4.74 Å². The quantitative estimate of drug-likeness (QED) is 0.681. The molecule has 0 spiro atoms. The molecule has 1 heteroatoms. The zero-order valence-corrected chi connectivity index (χ0v) is 12.7. The van der Waals surface area contributed by atoms with Crippen LogP contribution in [0.25, 0.3) is 0 Å². The lowest BCUT2D eigenvalue weighted by atomic mass is 9.32. The van der Waals surface area contributed by atoms with Crippen molar-refractivity contribution >= 4 is 0 Å². The minimum Gasteiger partial charge on any atom is -0.372 e. The van der Waals surface area contributed by atoms with Gasteiger partial charge in [0.15, 0.2) is 0 Å². The van der Waals surface area contributed by atoms with E-state index in [9.17, 15) is 0 Å². The maximum absolute atomic E-state index is 6.47. The van der Waals surface area contributed by atoms with Crippen molar-refractivity contribution in [3.8, 4) is 0 Å². The van der Waals surface area contributed by atoms with Gasteiger partial charge in [-0.15, -0.1) is 0 Å². The number of ether oxygens (including phenoxy) is 1. The first-order chi connectivity index (χ1) is 8.50. The van der Waals surface area contributed by atoms with E-state index < -0.39 is 0 Å². The summed E-state index contributed by atoms with van der Waals surface area (Å²) < 4.78 is 6.47. The Labute approximate surface area is 113 Å². The van der Waals surface area contributed by atoms with Gasteiger partial charge in [-0.2, -0.15) is 0 Å². The molecule has 0 saturated heterocycles. The summed E-state index contributed by atoms with van der Waals surface area (Å²) in [5, 5.41) is 0. The Bertz CT molecular complexity index is 306. The third-order valence-corrected chi connectivity index (χ3v) is 6.45. The molecule has 0 N–H and O–H groups in total. The second-order valence-electron chi connectivity index (χ2n) is 7.77. The lowest BCUT2D eigenvalue weighted by Gasteiger charge is -2.75. The SMILES string of the molecule is CCCC(C)OC(C)(C)C12CC3CCCC(C1)C32. The first-order valence-electron chi connectivity index (χ1n) is 8.18. The van der Waals surface area contributed by atoms with Crippen LogP contribution in [0.15, 0.2) is 0 Å². The highest BCUT2D eigenvalue weighted by molar-refractivity contribution is 5.20. The number of hydrogen-bond donors (Lipinski definition) is 0. The molecule has 0 aromatic heterocycles. The lowest BCUT2D eigenvalue weighted by molar-refractivity contribution is -0.306. The van der Waals surface area contributed by atoms with Crippen molar-refractivity contribution in [3.05, 3.63) is 0 Å². The van der Waals surface area contributed by atoms with E-state index in [-0.39, 0.29) is 5.60 Å². The van der Waals surface area contributed by atoms with Gasteiger partial charge < -0.3 is 4.74 Å². The predicted octanol–water partition coefficient (Wildman–Crippen LogP) is 4.80. The third-order valence-electron chi connectivity index (χ3n) is 6.45. The summed E-state index contributed by atoms with van der Waals surface area (Å²) in [6, 6.07) is 0. The molecule has 0 aromatic rings. The summed E-state index contributed by atoms with van der Waals surface area (Å²) in [5.41, 5.74) is 0.668. The maximum Gasteiger partial charge on any atom is 0.0689 e. The smallest absolute Gasteiger partial charge is 0.0689 e. The molecule has 104 valence electrons. The van der Waals surface area contributed by atoms with Gasteiger partial charge in [0.2, 0.25) is 0 Å². The summed E-state index contributed by atoms with van der Waals surface area (Å²) in [4.78, 5) is 0. The average molecular weight is 250 g/mol. The van der Waals surface area contributed by atoms with Crippen molar-refractivity contribution in [3.63, 3.8) is 0 Å². The molecular weight excluding hydrogens is 220 g/mol. The number of hydrogen-bond acceptors (Lipinski definition) is 1. The fourth-order valence-electron chi connectivity index (χ4n) is 5.70. The van der Waals surface area contributed by atoms with Gasteiger partial charge in [-0.25, -0.2) is 0 Å². The van der Waals surface area contributed by atoms with Crippen molar-refractivity contribution in [2.75, 3.05) is 0 Å². The van der Waals surface area contributed by atoms with E-state index >= 15 is 0 Å². The minimum atomic E-state index is 0.108. The highest BCUT2D eigenvalue weighted by Gasteiger charge is 2.71. The van der Waals surface area contributed by atoms with Gasteiger partial charge in [-0.05, 0) is 57.8 Å². The van der Waals surface area contributed by atoms with Crippen LogP contribution in [0.5, 0.6) is 0 Å². The van der Waals surface area contributed by atoms with Gasteiger partial charge in [-0.1, -0.05) is 32.6 Å². The van der Waals surface area contributed by atoms with E-state index in [1.807, 2.05) is 0 Å². The summed E-state index contributed by atoms with van der Waals surface area (Å²) in [6.45, 7) is 9.26. The van der Waals surface area contributed by atoms with E-state index in [0.29, 0.717) is 11.5 Å². The highest BCUT2D eigenvalue weighted by Crippen LogP contribution is 2.75. The van der Waals surface area contributed by atoms with Crippen LogP contribution < -0.4 is 0 Å². The molecule has 0 bridgehead atoms. The minimum absolute atomic E-state index is 0.108. The molecule has 3 unspecified atom stereocenters. The van der Waals surface area contributed by atoms with Gasteiger partial charge >= 0.3 is 0 Å². The molecule has 3 fully saturated rings.